The summed E-state index contributed by atoms with van der Waals surface area (Å²) in [7, 11) is -3.97. The Morgan fingerprint density at radius 1 is 1.32 bits per heavy atom. The number of nitrogens with zero attached hydrogens (tertiary/aromatic N) is 1. The second-order valence-corrected chi connectivity index (χ2v) is 9.73. The maximum Gasteiger partial charge on any atom is 0.335 e. The van der Waals surface area contributed by atoms with Crippen molar-refractivity contribution >= 4 is 14.0 Å². The molecule has 3 N–H and O–H groups in total. The maximum atomic E-state index is 13.6. The van der Waals surface area contributed by atoms with E-state index in [4.69, 9.17) is 11.4 Å². The zero-order chi connectivity index (χ0) is 23.1. The van der Waals surface area contributed by atoms with E-state index < -0.39 is 30.6 Å². The molecule has 0 saturated heterocycles. The highest BCUT2D eigenvalue weighted by atomic mass is 31.1. The van der Waals surface area contributed by atoms with Gasteiger partial charge >= 0.3 is 5.97 Å². The van der Waals surface area contributed by atoms with Crippen LogP contribution in [0.25, 0.3) is 11.1 Å². The van der Waals surface area contributed by atoms with Crippen molar-refractivity contribution in [2.24, 2.45) is 0 Å². The minimum atomic E-state index is -3.97. The highest BCUT2D eigenvalue weighted by Crippen LogP contribution is 2.53. The molecular weight excluding hydrogens is 420 g/mol. The van der Waals surface area contributed by atoms with E-state index in [0.29, 0.717) is 16.8 Å². The predicted octanol–water partition coefficient (Wildman–Crippen LogP) is 4.02. The summed E-state index contributed by atoms with van der Waals surface area (Å²) in [6.45, 7) is 4.78. The van der Waals surface area contributed by atoms with Gasteiger partial charge in [0.05, 0.1) is 0 Å². The Labute approximate surface area is 181 Å². The van der Waals surface area contributed by atoms with Crippen LogP contribution in [0.15, 0.2) is 30.3 Å². The molecule has 1 heterocycles. The molecule has 1 fully saturated rings. The fourth-order valence-corrected chi connectivity index (χ4v) is 4.77. The molecule has 0 bridgehead atoms. The Morgan fingerprint density at radius 2 is 1.90 bits per heavy atom. The molecule has 0 amide bonds. The lowest BCUT2D eigenvalue weighted by atomic mass is 9.76. The monoisotopic (exact) mass is 445 g/mol. The lowest BCUT2D eigenvalue weighted by Crippen LogP contribution is -2.53. The number of pyridine rings is 1. The molecule has 31 heavy (non-hydrogen) atoms. The van der Waals surface area contributed by atoms with Crippen molar-refractivity contribution in [3.63, 3.8) is 0 Å². The van der Waals surface area contributed by atoms with Crippen LogP contribution in [0.1, 0.15) is 62.4 Å². The molecule has 1 aliphatic carbocycles. The van der Waals surface area contributed by atoms with Crippen molar-refractivity contribution in [1.29, 1.82) is 0 Å². The average molecular weight is 445 g/mol. The lowest BCUT2D eigenvalue weighted by molar-refractivity contribution is -0.145. The second kappa shape index (κ2) is 8.20. The molecule has 0 radical (unpaired) electrons. The normalized spacial score (nSPS) is 18.6. The molecule has 6 nitrogen and oxygen atoms in total. The fourth-order valence-electron chi connectivity index (χ4n) is 3.92. The molecule has 3 atom stereocenters. The summed E-state index contributed by atoms with van der Waals surface area (Å²) in [5, 5.41) is 18.7. The van der Waals surface area contributed by atoms with E-state index in [2.05, 4.69) is 0 Å². The Hall–Kier alpha value is -2.52. The molecule has 3 rings (SSSR count). The Balaban J connectivity index is 2.44. The molecule has 1 aliphatic rings. The summed E-state index contributed by atoms with van der Waals surface area (Å²) in [6, 6.07) is 7.25. The second-order valence-electron chi connectivity index (χ2n) is 8.37. The van der Waals surface area contributed by atoms with Crippen LogP contribution in [-0.4, -0.2) is 31.2 Å². The van der Waals surface area contributed by atoms with Crippen LogP contribution in [0, 0.1) is 18.2 Å². The Morgan fingerprint density at radius 3 is 2.32 bits per heavy atom. The zero-order valence-electron chi connectivity index (χ0n) is 17.5. The lowest BCUT2D eigenvalue weighted by Gasteiger charge is -2.39. The third-order valence-corrected chi connectivity index (χ3v) is 7.33. The van der Waals surface area contributed by atoms with Gasteiger partial charge in [0.25, 0.3) is 0 Å². The first kappa shape index (κ1) is 23.1. The molecule has 164 valence electrons. The highest BCUT2D eigenvalue weighted by molar-refractivity contribution is 7.42. The average Bonchev–Trinajstić information content (AvgIpc) is 3.53. The third-order valence-electron chi connectivity index (χ3n) is 5.84. The molecule has 1 aromatic heterocycles. The molecule has 0 spiro atoms. The van der Waals surface area contributed by atoms with Crippen molar-refractivity contribution in [3.05, 3.63) is 53.1 Å². The molecule has 0 aliphatic heterocycles. The number of halogens is 1. The van der Waals surface area contributed by atoms with Crippen molar-refractivity contribution < 1.29 is 28.9 Å². The van der Waals surface area contributed by atoms with Crippen LogP contribution in [0.2, 0.25) is 0 Å². The maximum absolute atomic E-state index is 13.6. The van der Waals surface area contributed by atoms with Crippen LogP contribution in [0.5, 0.6) is 0 Å². The van der Waals surface area contributed by atoms with E-state index in [1.807, 2.05) is 19.8 Å². The number of hydrogen-bond donors (Lipinski definition) is 3. The van der Waals surface area contributed by atoms with Gasteiger partial charge in [-0.1, -0.05) is 31.9 Å². The summed E-state index contributed by atoms with van der Waals surface area (Å²) in [4.78, 5) is 26.9. The van der Waals surface area contributed by atoms with Gasteiger partial charge in [-0.2, -0.15) is 0 Å². The number of benzene rings is 1. The Kier molecular flexibility index (Phi) is 6.12. The molecule has 3 unspecified atom stereocenters. The topological polar surface area (TPSA) is 108 Å². The number of hydrogen-bond acceptors (Lipinski definition) is 4. The zero-order valence-corrected chi connectivity index (χ0v) is 18.5. The van der Waals surface area contributed by atoms with E-state index >= 15 is 0 Å². The first-order valence-electron chi connectivity index (χ1n) is 9.95. The van der Waals surface area contributed by atoms with E-state index in [1.165, 1.54) is 24.3 Å². The third kappa shape index (κ3) is 3.80. The van der Waals surface area contributed by atoms with Crippen LogP contribution >= 0.6 is 8.03 Å². The van der Waals surface area contributed by atoms with Gasteiger partial charge in [-0.3, -0.25) is 9.55 Å². The van der Waals surface area contributed by atoms with Crippen molar-refractivity contribution in [1.82, 2.24) is 4.98 Å². The minimum Gasteiger partial charge on any atom is -0.480 e. The van der Waals surface area contributed by atoms with Gasteiger partial charge in [0.2, 0.25) is 13.2 Å². The number of carboxylic acid groups (broad SMARTS) is 1. The Bertz CT molecular complexity index is 1070. The highest BCUT2D eigenvalue weighted by Gasteiger charge is 2.60. The summed E-state index contributed by atoms with van der Waals surface area (Å²) in [6.07, 6.45) is 7.37. The summed E-state index contributed by atoms with van der Waals surface area (Å²) >= 11 is 0. The van der Waals surface area contributed by atoms with E-state index in [-0.39, 0.29) is 17.4 Å². The number of aliphatic hydroxyl groups is 1. The SMILES string of the molecule is C#CC(C(=O)O)([PH](=O)O)C(C)(O)c1c(-c2ccc(F)cc2)cc(C2CC2)nc1C(C)C. The van der Waals surface area contributed by atoms with Crippen molar-refractivity contribution in [2.75, 3.05) is 0 Å². The molecule has 8 heteroatoms. The number of carbonyl (C=O) groups is 1. The standard InChI is InChI=1S/C23H25FNO5P/c1-5-23(21(26)27,31(29)30)22(4,28)19-17(14-8-10-16(24)11-9-14)12-18(15-6-7-15)25-20(19)13(2)3/h1,8-13,15,28,31H,6-7H2,2-4H3,(H,26,27)(H,29,30). The van der Waals surface area contributed by atoms with Crippen LogP contribution in [-0.2, 0) is 15.0 Å². The largest absolute Gasteiger partial charge is 0.480 e. The smallest absolute Gasteiger partial charge is 0.335 e. The predicted molar refractivity (Wildman–Crippen MR) is 116 cm³/mol. The summed E-state index contributed by atoms with van der Waals surface area (Å²) < 4.78 is 25.9. The van der Waals surface area contributed by atoms with Crippen LogP contribution in [0.3, 0.4) is 0 Å². The summed E-state index contributed by atoms with van der Waals surface area (Å²) in [5.74, 6) is -0.354. The van der Waals surface area contributed by atoms with E-state index in [9.17, 15) is 28.9 Å². The summed E-state index contributed by atoms with van der Waals surface area (Å²) in [5.41, 5.74) is -0.298. The number of aromatic nitrogens is 1. The molecule has 1 aromatic carbocycles. The van der Waals surface area contributed by atoms with Crippen LogP contribution < -0.4 is 0 Å². The number of terminal acetylenes is 1. The minimum absolute atomic E-state index is 0.0614. The van der Waals surface area contributed by atoms with Gasteiger partial charge in [-0.15, -0.1) is 6.42 Å². The van der Waals surface area contributed by atoms with Gasteiger partial charge < -0.3 is 15.1 Å². The van der Waals surface area contributed by atoms with E-state index in [0.717, 1.165) is 25.5 Å². The number of carboxylic acids is 1. The van der Waals surface area contributed by atoms with Crippen LogP contribution in [0.4, 0.5) is 4.39 Å². The molecular formula is C23H25FNO5P. The van der Waals surface area contributed by atoms with Crippen molar-refractivity contribution in [3.8, 4) is 23.5 Å². The quantitative estimate of drug-likeness (QED) is 0.439. The van der Waals surface area contributed by atoms with Gasteiger partial charge in [-0.25, -0.2) is 9.18 Å². The van der Waals surface area contributed by atoms with E-state index in [1.54, 1.807) is 6.07 Å². The van der Waals surface area contributed by atoms with Crippen molar-refractivity contribution in [2.45, 2.75) is 56.2 Å². The molecule has 2 aromatic rings. The molecule has 1 saturated carbocycles. The van der Waals surface area contributed by atoms with Gasteiger partial charge in [0, 0.05) is 22.9 Å². The van der Waals surface area contributed by atoms with Gasteiger partial charge in [0.1, 0.15) is 11.4 Å². The first-order chi connectivity index (χ1) is 14.5. The first-order valence-corrected chi connectivity index (χ1v) is 11.3. The van der Waals surface area contributed by atoms with Gasteiger partial charge in [0.15, 0.2) is 0 Å². The van der Waals surface area contributed by atoms with Gasteiger partial charge in [-0.05, 0) is 55.0 Å². The number of rotatable bonds is 7. The number of aliphatic carboxylic acids is 1. The fraction of sp³-hybridized carbons (Fsp3) is 0.391.